The molecule has 0 spiro atoms. The van der Waals surface area contributed by atoms with Crippen molar-refractivity contribution in [2.75, 3.05) is 19.5 Å². The minimum atomic E-state index is -1.36. The number of cyclic esters (lactones) is 2. The van der Waals surface area contributed by atoms with Crippen molar-refractivity contribution in [3.63, 3.8) is 0 Å². The molecule has 0 bridgehead atoms. The number of hydrogen-bond donors (Lipinski definition) is 2. The molecule has 9 nitrogen and oxygen atoms in total. The normalized spacial score (nSPS) is 15.8. The summed E-state index contributed by atoms with van der Waals surface area (Å²) in [6, 6.07) is 2.65. The third-order valence-corrected chi connectivity index (χ3v) is 3.21. The summed E-state index contributed by atoms with van der Waals surface area (Å²) in [4.78, 5) is 35.5. The van der Waals surface area contributed by atoms with Gasteiger partial charge in [-0.05, 0) is 6.07 Å². The fourth-order valence-electron chi connectivity index (χ4n) is 2.03. The minimum absolute atomic E-state index is 0.0117. The second-order valence-corrected chi connectivity index (χ2v) is 5.44. The summed E-state index contributed by atoms with van der Waals surface area (Å²) in [5.74, 6) is -4.11. The van der Waals surface area contributed by atoms with Crippen molar-refractivity contribution < 1.29 is 38.4 Å². The molecule has 1 fully saturated rings. The standard InChI is InChI=1S/C16H17NO8/c1-16(2)24-14(20)10(15(21)25-16)7-17-11-6-8(22-3)5-9(12(11)18)13(19)23-4/h5-7,17-18H,1-4H3. The maximum Gasteiger partial charge on any atom is 0.350 e. The van der Waals surface area contributed by atoms with E-state index in [0.29, 0.717) is 0 Å². The van der Waals surface area contributed by atoms with E-state index in [4.69, 9.17) is 14.2 Å². The van der Waals surface area contributed by atoms with Gasteiger partial charge in [-0.25, -0.2) is 14.4 Å². The number of esters is 3. The van der Waals surface area contributed by atoms with Crippen molar-refractivity contribution in [2.24, 2.45) is 0 Å². The van der Waals surface area contributed by atoms with Crippen LogP contribution in [0.3, 0.4) is 0 Å². The quantitative estimate of drug-likeness (QED) is 0.358. The highest BCUT2D eigenvalue weighted by molar-refractivity contribution is 6.15. The lowest BCUT2D eigenvalue weighted by molar-refractivity contribution is -0.222. The molecule has 9 heteroatoms. The zero-order chi connectivity index (χ0) is 18.8. The molecule has 1 aromatic carbocycles. The second kappa shape index (κ2) is 6.71. The SMILES string of the molecule is COC(=O)c1cc(OC)cc(NC=C2C(=O)OC(C)(C)OC2=O)c1O. The summed E-state index contributed by atoms with van der Waals surface area (Å²) in [6.07, 6.45) is 1.01. The first-order valence-corrected chi connectivity index (χ1v) is 7.11. The van der Waals surface area contributed by atoms with Crippen LogP contribution in [0.25, 0.3) is 0 Å². The summed E-state index contributed by atoms with van der Waals surface area (Å²) in [5.41, 5.74) is -0.545. The van der Waals surface area contributed by atoms with E-state index < -0.39 is 35.0 Å². The lowest BCUT2D eigenvalue weighted by Gasteiger charge is -2.29. The smallest absolute Gasteiger partial charge is 0.350 e. The molecule has 0 unspecified atom stereocenters. The van der Waals surface area contributed by atoms with Gasteiger partial charge in [-0.15, -0.1) is 0 Å². The highest BCUT2D eigenvalue weighted by Crippen LogP contribution is 2.33. The Morgan fingerprint density at radius 2 is 1.80 bits per heavy atom. The van der Waals surface area contributed by atoms with Gasteiger partial charge in [-0.1, -0.05) is 0 Å². The first-order valence-electron chi connectivity index (χ1n) is 7.11. The molecule has 0 saturated carbocycles. The second-order valence-electron chi connectivity index (χ2n) is 5.44. The molecule has 1 heterocycles. The van der Waals surface area contributed by atoms with Crippen LogP contribution in [-0.4, -0.2) is 43.0 Å². The molecule has 0 aromatic heterocycles. The zero-order valence-electron chi connectivity index (χ0n) is 14.0. The van der Waals surface area contributed by atoms with Crippen LogP contribution in [0.5, 0.6) is 11.5 Å². The van der Waals surface area contributed by atoms with Crippen molar-refractivity contribution in [2.45, 2.75) is 19.6 Å². The summed E-state index contributed by atoms with van der Waals surface area (Å²) < 4.78 is 19.5. The number of aromatic hydroxyl groups is 1. The summed E-state index contributed by atoms with van der Waals surface area (Å²) in [6.45, 7) is 2.84. The molecule has 1 saturated heterocycles. The molecule has 25 heavy (non-hydrogen) atoms. The van der Waals surface area contributed by atoms with Gasteiger partial charge >= 0.3 is 17.9 Å². The maximum absolute atomic E-state index is 11.9. The van der Waals surface area contributed by atoms with Gasteiger partial charge in [0.15, 0.2) is 11.3 Å². The summed E-state index contributed by atoms with van der Waals surface area (Å²) in [5, 5.41) is 12.7. The number of carbonyl (C=O) groups excluding carboxylic acids is 3. The predicted octanol–water partition coefficient (Wildman–Crippen LogP) is 1.32. The number of nitrogens with one attached hydrogen (secondary N) is 1. The molecule has 1 aromatic rings. The van der Waals surface area contributed by atoms with Gasteiger partial charge in [0.2, 0.25) is 0 Å². The highest BCUT2D eigenvalue weighted by Gasteiger charge is 2.39. The Kier molecular flexibility index (Phi) is 4.87. The number of methoxy groups -OCH3 is 2. The number of ether oxygens (including phenoxy) is 4. The van der Waals surface area contributed by atoms with Crippen LogP contribution < -0.4 is 10.1 Å². The molecule has 1 aliphatic heterocycles. The van der Waals surface area contributed by atoms with E-state index in [-0.39, 0.29) is 17.0 Å². The van der Waals surface area contributed by atoms with Gasteiger partial charge in [-0.3, -0.25) is 0 Å². The Morgan fingerprint density at radius 1 is 1.20 bits per heavy atom. The topological polar surface area (TPSA) is 120 Å². The van der Waals surface area contributed by atoms with Gasteiger partial charge in [0.25, 0.3) is 5.79 Å². The molecule has 0 aliphatic carbocycles. The number of rotatable bonds is 4. The first-order chi connectivity index (χ1) is 11.7. The van der Waals surface area contributed by atoms with E-state index in [1.165, 1.54) is 33.1 Å². The summed E-state index contributed by atoms with van der Waals surface area (Å²) in [7, 11) is 2.53. The minimum Gasteiger partial charge on any atom is -0.505 e. The lowest BCUT2D eigenvalue weighted by Crippen LogP contribution is -2.42. The van der Waals surface area contributed by atoms with Gasteiger partial charge in [-0.2, -0.15) is 0 Å². The van der Waals surface area contributed by atoms with E-state index in [2.05, 4.69) is 10.1 Å². The van der Waals surface area contributed by atoms with Gasteiger partial charge in [0.05, 0.1) is 19.9 Å². The molecule has 0 atom stereocenters. The summed E-state index contributed by atoms with van der Waals surface area (Å²) >= 11 is 0. The van der Waals surface area contributed by atoms with E-state index in [9.17, 15) is 19.5 Å². The molecule has 0 radical (unpaired) electrons. The fraction of sp³-hybridized carbons (Fsp3) is 0.312. The highest BCUT2D eigenvalue weighted by atomic mass is 16.7. The predicted molar refractivity (Wildman–Crippen MR) is 84.0 cm³/mol. The van der Waals surface area contributed by atoms with Crippen molar-refractivity contribution in [1.82, 2.24) is 0 Å². The molecule has 2 rings (SSSR count). The van der Waals surface area contributed by atoms with Crippen LogP contribution >= 0.6 is 0 Å². The zero-order valence-corrected chi connectivity index (χ0v) is 14.0. The molecular weight excluding hydrogens is 334 g/mol. The van der Waals surface area contributed by atoms with Gasteiger partial charge in [0, 0.05) is 26.1 Å². The Hall–Kier alpha value is -3.23. The van der Waals surface area contributed by atoms with E-state index in [0.717, 1.165) is 13.3 Å². The Bertz CT molecular complexity index is 744. The number of phenolic OH excluding ortho intramolecular Hbond substituents is 1. The lowest BCUT2D eigenvalue weighted by atomic mass is 10.1. The molecule has 1 aliphatic rings. The average molecular weight is 351 g/mol. The fourth-order valence-corrected chi connectivity index (χ4v) is 2.03. The Balaban J connectivity index is 2.35. The van der Waals surface area contributed by atoms with Crippen LogP contribution in [0, 0.1) is 0 Å². The van der Waals surface area contributed by atoms with E-state index in [1.54, 1.807) is 0 Å². The third kappa shape index (κ3) is 3.82. The molecule has 134 valence electrons. The van der Waals surface area contributed by atoms with E-state index >= 15 is 0 Å². The number of carbonyl (C=O) groups is 3. The van der Waals surface area contributed by atoms with Crippen molar-refractivity contribution >= 4 is 23.6 Å². The number of phenols is 1. The molecule has 2 N–H and O–H groups in total. The van der Waals surface area contributed by atoms with Gasteiger partial charge in [0.1, 0.15) is 11.3 Å². The number of hydrogen-bond acceptors (Lipinski definition) is 9. The van der Waals surface area contributed by atoms with Crippen molar-refractivity contribution in [3.05, 3.63) is 29.5 Å². The number of anilines is 1. The number of benzene rings is 1. The van der Waals surface area contributed by atoms with Crippen LogP contribution in [-0.2, 0) is 23.8 Å². The third-order valence-electron chi connectivity index (χ3n) is 3.21. The van der Waals surface area contributed by atoms with Crippen LogP contribution in [0.2, 0.25) is 0 Å². The van der Waals surface area contributed by atoms with Crippen LogP contribution in [0.15, 0.2) is 23.9 Å². The maximum atomic E-state index is 11.9. The van der Waals surface area contributed by atoms with Crippen LogP contribution in [0.4, 0.5) is 5.69 Å². The van der Waals surface area contributed by atoms with Crippen molar-refractivity contribution in [3.8, 4) is 11.5 Å². The Morgan fingerprint density at radius 3 is 2.32 bits per heavy atom. The average Bonchev–Trinajstić information content (AvgIpc) is 2.53. The van der Waals surface area contributed by atoms with Gasteiger partial charge < -0.3 is 29.4 Å². The van der Waals surface area contributed by atoms with E-state index in [1.807, 2.05) is 0 Å². The molecule has 0 amide bonds. The first kappa shape index (κ1) is 18.1. The Labute approximate surface area is 143 Å². The molecular formula is C16H17NO8. The monoisotopic (exact) mass is 351 g/mol. The van der Waals surface area contributed by atoms with Crippen LogP contribution in [0.1, 0.15) is 24.2 Å². The largest absolute Gasteiger partial charge is 0.505 e. The van der Waals surface area contributed by atoms with Crippen molar-refractivity contribution in [1.29, 1.82) is 0 Å².